The van der Waals surface area contributed by atoms with Crippen molar-refractivity contribution in [1.82, 2.24) is 10.9 Å². The topological polar surface area (TPSA) is 76.7 Å². The average molecular weight is 393 g/mol. The van der Waals surface area contributed by atoms with Crippen molar-refractivity contribution in [3.05, 3.63) is 64.1 Å². The van der Waals surface area contributed by atoms with Crippen molar-refractivity contribution in [3.8, 4) is 11.5 Å². The molecule has 2 aromatic rings. The highest BCUT2D eigenvalue weighted by atomic mass is 35.5. The lowest BCUT2D eigenvalue weighted by Crippen LogP contribution is -2.50. The molecule has 1 atom stereocenters. The normalized spacial score (nSPS) is 15.5. The lowest BCUT2D eigenvalue weighted by molar-refractivity contribution is -0.134. The number of hydrazine groups is 1. The van der Waals surface area contributed by atoms with Gasteiger partial charge < -0.3 is 9.47 Å². The Morgan fingerprint density at radius 1 is 1.00 bits per heavy atom. The van der Waals surface area contributed by atoms with Crippen molar-refractivity contribution in [2.75, 3.05) is 6.61 Å². The van der Waals surface area contributed by atoms with Crippen molar-refractivity contribution in [3.63, 3.8) is 0 Å². The van der Waals surface area contributed by atoms with Gasteiger partial charge in [-0.3, -0.25) is 20.4 Å². The van der Waals surface area contributed by atoms with Gasteiger partial charge in [0.1, 0.15) is 6.61 Å². The molecule has 2 N–H and O–H groups in total. The van der Waals surface area contributed by atoms with Gasteiger partial charge in [-0.15, -0.1) is 0 Å². The Balaban J connectivity index is 1.53. The molecule has 0 radical (unpaired) electrons. The predicted octanol–water partition coefficient (Wildman–Crippen LogP) is 2.99. The highest BCUT2D eigenvalue weighted by molar-refractivity contribution is 6.37. The molecule has 8 heteroatoms. The zero-order chi connectivity index (χ0) is 18.5. The summed E-state index contributed by atoms with van der Waals surface area (Å²) in [5.41, 5.74) is 5.07. The minimum atomic E-state index is -0.868. The molecule has 0 bridgehead atoms. The van der Waals surface area contributed by atoms with Crippen LogP contribution in [0.25, 0.3) is 6.08 Å². The molecule has 0 aromatic heterocycles. The number of rotatable bonds is 3. The third-order valence-electron chi connectivity index (χ3n) is 3.51. The molecule has 0 aliphatic carbocycles. The molecule has 0 fully saturated rings. The van der Waals surface area contributed by atoms with E-state index in [1.807, 2.05) is 0 Å². The van der Waals surface area contributed by atoms with E-state index in [0.29, 0.717) is 27.1 Å². The zero-order valence-corrected chi connectivity index (χ0v) is 14.9. The summed E-state index contributed by atoms with van der Waals surface area (Å²) in [6.45, 7) is 0.0454. The van der Waals surface area contributed by atoms with Gasteiger partial charge in [-0.05, 0) is 30.3 Å². The molecule has 0 spiro atoms. The molecular formula is C18H14Cl2N2O4. The molecule has 1 unspecified atom stereocenters. The van der Waals surface area contributed by atoms with E-state index in [2.05, 4.69) is 10.9 Å². The SMILES string of the molecule is O=C(/C=C/c1c(Cl)cccc1Cl)NNC(=O)C1COc2ccccc2O1. The van der Waals surface area contributed by atoms with E-state index in [-0.39, 0.29) is 6.61 Å². The number of amides is 2. The number of ether oxygens (including phenoxy) is 2. The van der Waals surface area contributed by atoms with Crippen molar-refractivity contribution in [2.24, 2.45) is 0 Å². The molecular weight excluding hydrogens is 379 g/mol. The van der Waals surface area contributed by atoms with Gasteiger partial charge in [0, 0.05) is 21.7 Å². The molecule has 2 amide bonds. The van der Waals surface area contributed by atoms with Crippen molar-refractivity contribution in [2.45, 2.75) is 6.10 Å². The number of halogens is 2. The molecule has 6 nitrogen and oxygen atoms in total. The Hall–Kier alpha value is -2.70. The van der Waals surface area contributed by atoms with E-state index < -0.39 is 17.9 Å². The van der Waals surface area contributed by atoms with E-state index in [1.165, 1.54) is 12.2 Å². The number of para-hydroxylation sites is 2. The molecule has 1 aliphatic heterocycles. The van der Waals surface area contributed by atoms with Gasteiger partial charge in [-0.25, -0.2) is 0 Å². The van der Waals surface area contributed by atoms with Crippen LogP contribution in [0.5, 0.6) is 11.5 Å². The van der Waals surface area contributed by atoms with Gasteiger partial charge >= 0.3 is 0 Å². The molecule has 0 saturated carbocycles. The number of fused-ring (bicyclic) bond motifs is 1. The van der Waals surface area contributed by atoms with Gasteiger partial charge in [0.05, 0.1) is 0 Å². The molecule has 2 aromatic carbocycles. The molecule has 1 aliphatic rings. The largest absolute Gasteiger partial charge is 0.485 e. The Labute approximate surface area is 159 Å². The standard InChI is InChI=1S/C18H14Cl2N2O4/c19-12-4-3-5-13(20)11(12)8-9-17(23)21-22-18(24)16-10-25-14-6-1-2-7-15(14)26-16/h1-9,16H,10H2,(H,21,23)(H,22,24)/b9-8+. The van der Waals surface area contributed by atoms with Crippen LogP contribution in [0.1, 0.15) is 5.56 Å². The van der Waals surface area contributed by atoms with Crippen LogP contribution in [-0.4, -0.2) is 24.5 Å². The first kappa shape index (κ1) is 18.1. The first-order valence-electron chi connectivity index (χ1n) is 7.65. The highest BCUT2D eigenvalue weighted by Crippen LogP contribution is 2.30. The van der Waals surface area contributed by atoms with E-state index in [1.54, 1.807) is 42.5 Å². The highest BCUT2D eigenvalue weighted by Gasteiger charge is 2.27. The summed E-state index contributed by atoms with van der Waals surface area (Å²) in [5.74, 6) is -0.0397. The van der Waals surface area contributed by atoms with Gasteiger partial charge in [-0.2, -0.15) is 0 Å². The Morgan fingerprint density at radius 2 is 1.69 bits per heavy atom. The molecule has 3 rings (SSSR count). The van der Waals surface area contributed by atoms with E-state index in [4.69, 9.17) is 32.7 Å². The first-order valence-corrected chi connectivity index (χ1v) is 8.40. The Kier molecular flexibility index (Phi) is 5.65. The monoisotopic (exact) mass is 392 g/mol. The van der Waals surface area contributed by atoms with Gasteiger partial charge in [0.2, 0.25) is 6.10 Å². The van der Waals surface area contributed by atoms with Gasteiger partial charge in [0.25, 0.3) is 11.8 Å². The molecule has 26 heavy (non-hydrogen) atoms. The van der Waals surface area contributed by atoms with Gasteiger partial charge in [0.15, 0.2) is 11.5 Å². The van der Waals surface area contributed by atoms with Gasteiger partial charge in [-0.1, -0.05) is 41.4 Å². The van der Waals surface area contributed by atoms with Crippen LogP contribution in [0, 0.1) is 0 Å². The molecule has 134 valence electrons. The predicted molar refractivity (Wildman–Crippen MR) is 98.1 cm³/mol. The molecule has 1 heterocycles. The van der Waals surface area contributed by atoms with E-state index in [0.717, 1.165) is 0 Å². The third kappa shape index (κ3) is 4.28. The van der Waals surface area contributed by atoms with Crippen LogP contribution in [-0.2, 0) is 9.59 Å². The smallest absolute Gasteiger partial charge is 0.283 e. The summed E-state index contributed by atoms with van der Waals surface area (Å²) in [4.78, 5) is 24.0. The van der Waals surface area contributed by atoms with Crippen LogP contribution in [0.2, 0.25) is 10.0 Å². The fourth-order valence-electron chi connectivity index (χ4n) is 2.22. The summed E-state index contributed by atoms with van der Waals surface area (Å²) >= 11 is 12.0. The number of carbonyl (C=O) groups excluding carboxylic acids is 2. The minimum Gasteiger partial charge on any atom is -0.485 e. The fraction of sp³-hybridized carbons (Fsp3) is 0.111. The second-order valence-corrected chi connectivity index (χ2v) is 6.13. The van der Waals surface area contributed by atoms with Crippen LogP contribution < -0.4 is 20.3 Å². The lowest BCUT2D eigenvalue weighted by atomic mass is 10.2. The first-order chi connectivity index (χ1) is 12.5. The van der Waals surface area contributed by atoms with Crippen LogP contribution in [0.4, 0.5) is 0 Å². The van der Waals surface area contributed by atoms with Crippen LogP contribution in [0.15, 0.2) is 48.5 Å². The third-order valence-corrected chi connectivity index (χ3v) is 4.17. The maximum absolute atomic E-state index is 12.1. The van der Waals surface area contributed by atoms with Crippen molar-refractivity contribution >= 4 is 41.1 Å². The fourth-order valence-corrected chi connectivity index (χ4v) is 2.75. The number of benzene rings is 2. The minimum absolute atomic E-state index is 0.0454. The summed E-state index contributed by atoms with van der Waals surface area (Å²) in [7, 11) is 0. The molecule has 0 saturated heterocycles. The zero-order valence-electron chi connectivity index (χ0n) is 13.4. The van der Waals surface area contributed by atoms with E-state index >= 15 is 0 Å². The maximum atomic E-state index is 12.1. The number of nitrogens with one attached hydrogen (secondary N) is 2. The Morgan fingerprint density at radius 3 is 2.42 bits per heavy atom. The number of hydrogen-bond acceptors (Lipinski definition) is 4. The van der Waals surface area contributed by atoms with Crippen molar-refractivity contribution in [1.29, 1.82) is 0 Å². The number of carbonyl (C=O) groups is 2. The lowest BCUT2D eigenvalue weighted by Gasteiger charge is -2.25. The maximum Gasteiger partial charge on any atom is 0.283 e. The van der Waals surface area contributed by atoms with Crippen LogP contribution >= 0.6 is 23.2 Å². The second kappa shape index (κ2) is 8.12. The summed E-state index contributed by atoms with van der Waals surface area (Å²) in [6.07, 6.45) is 1.80. The number of hydrogen-bond donors (Lipinski definition) is 2. The van der Waals surface area contributed by atoms with Crippen molar-refractivity contribution < 1.29 is 19.1 Å². The summed E-state index contributed by atoms with van der Waals surface area (Å²) in [6, 6.07) is 12.0. The summed E-state index contributed by atoms with van der Waals surface area (Å²) < 4.78 is 11.0. The van der Waals surface area contributed by atoms with E-state index in [9.17, 15) is 9.59 Å². The summed E-state index contributed by atoms with van der Waals surface area (Å²) in [5, 5.41) is 0.828. The quantitative estimate of drug-likeness (QED) is 0.621. The second-order valence-electron chi connectivity index (χ2n) is 5.31. The average Bonchev–Trinajstić information content (AvgIpc) is 2.65. The Bertz CT molecular complexity index is 850. The van der Waals surface area contributed by atoms with Crippen LogP contribution in [0.3, 0.4) is 0 Å².